The first-order valence-corrected chi connectivity index (χ1v) is 9.00. The molecule has 24 heavy (non-hydrogen) atoms. The van der Waals surface area contributed by atoms with Crippen LogP contribution >= 0.6 is 11.8 Å². The fourth-order valence-electron chi connectivity index (χ4n) is 2.42. The van der Waals surface area contributed by atoms with Gasteiger partial charge in [-0.15, -0.1) is 0 Å². The van der Waals surface area contributed by atoms with Gasteiger partial charge >= 0.3 is 0 Å². The number of hydrogen-bond donors (Lipinski definition) is 1. The van der Waals surface area contributed by atoms with E-state index in [0.29, 0.717) is 10.1 Å². The van der Waals surface area contributed by atoms with Gasteiger partial charge in [-0.2, -0.15) is 0 Å². The number of aliphatic imine (C=N–C) groups is 1. The smallest absolute Gasteiger partial charge is 0.264 e. The molecule has 0 aromatic heterocycles. The fourth-order valence-corrected chi connectivity index (χ4v) is 3.26. The molecular weight excluding hydrogens is 316 g/mol. The Labute approximate surface area is 146 Å². The van der Waals surface area contributed by atoms with E-state index in [1.54, 1.807) is 0 Å². The lowest BCUT2D eigenvalue weighted by Crippen LogP contribution is -2.19. The monoisotopic (exact) mass is 336 g/mol. The van der Waals surface area contributed by atoms with Gasteiger partial charge in [0.25, 0.3) is 5.91 Å². The molecule has 3 nitrogen and oxygen atoms in total. The van der Waals surface area contributed by atoms with E-state index in [1.807, 2.05) is 48.5 Å². The predicted molar refractivity (Wildman–Crippen MR) is 102 cm³/mol. The van der Waals surface area contributed by atoms with Gasteiger partial charge in [0.1, 0.15) is 0 Å². The average molecular weight is 336 g/mol. The number of thioether (sulfide) groups is 1. The van der Waals surface area contributed by atoms with Crippen molar-refractivity contribution in [3.8, 4) is 0 Å². The maximum atomic E-state index is 12.1. The van der Waals surface area contributed by atoms with E-state index in [9.17, 15) is 4.79 Å². The number of rotatable bonds is 5. The Morgan fingerprint density at radius 2 is 1.83 bits per heavy atom. The fraction of sp³-hybridized carbons (Fsp3) is 0.200. The summed E-state index contributed by atoms with van der Waals surface area (Å²) in [6.07, 6.45) is 5.38. The molecule has 0 radical (unpaired) electrons. The molecule has 1 amide bonds. The summed E-state index contributed by atoms with van der Waals surface area (Å²) in [4.78, 5) is 17.3. The van der Waals surface area contributed by atoms with Gasteiger partial charge in [0.05, 0.1) is 10.6 Å². The van der Waals surface area contributed by atoms with Crippen molar-refractivity contribution < 1.29 is 4.79 Å². The number of unbranched alkanes of at least 4 members (excludes halogenated alkanes) is 1. The number of carbonyl (C=O) groups excluding carboxylic acids is 1. The second-order valence-electron chi connectivity index (χ2n) is 5.66. The normalized spacial score (nSPS) is 17.5. The number of carbonyl (C=O) groups is 1. The zero-order valence-corrected chi connectivity index (χ0v) is 14.5. The largest absolute Gasteiger partial charge is 0.300 e. The van der Waals surface area contributed by atoms with Crippen LogP contribution in [0.4, 0.5) is 5.69 Å². The molecule has 0 bridgehead atoms. The van der Waals surface area contributed by atoms with Crippen LogP contribution in [0.2, 0.25) is 0 Å². The van der Waals surface area contributed by atoms with Crippen molar-refractivity contribution in [1.29, 1.82) is 0 Å². The van der Waals surface area contributed by atoms with Crippen LogP contribution in [-0.4, -0.2) is 11.1 Å². The number of nitrogens with zero attached hydrogens (tertiary/aromatic N) is 1. The van der Waals surface area contributed by atoms with E-state index < -0.39 is 0 Å². The molecule has 1 N–H and O–H groups in total. The average Bonchev–Trinajstić information content (AvgIpc) is 2.94. The summed E-state index contributed by atoms with van der Waals surface area (Å²) in [7, 11) is 0. The SMILES string of the molecule is CCCCc1ccc(N=C2NC(=O)C(=Cc3ccccc3)S2)cc1. The molecule has 4 heteroatoms. The highest BCUT2D eigenvalue weighted by molar-refractivity contribution is 8.18. The summed E-state index contributed by atoms with van der Waals surface area (Å²) in [6, 6.07) is 18.1. The Bertz CT molecular complexity index is 764. The quantitative estimate of drug-likeness (QED) is 0.787. The lowest BCUT2D eigenvalue weighted by Gasteiger charge is -2.01. The van der Waals surface area contributed by atoms with Crippen molar-refractivity contribution in [3.05, 3.63) is 70.6 Å². The first kappa shape index (κ1) is 16.5. The van der Waals surface area contributed by atoms with E-state index >= 15 is 0 Å². The van der Waals surface area contributed by atoms with E-state index in [4.69, 9.17) is 0 Å². The number of amidine groups is 1. The minimum absolute atomic E-state index is 0.0952. The molecule has 0 saturated carbocycles. The minimum atomic E-state index is -0.0952. The highest BCUT2D eigenvalue weighted by Crippen LogP contribution is 2.28. The first-order valence-electron chi connectivity index (χ1n) is 8.18. The van der Waals surface area contributed by atoms with Crippen LogP contribution in [0.5, 0.6) is 0 Å². The van der Waals surface area contributed by atoms with Gasteiger partial charge in [-0.25, -0.2) is 4.99 Å². The highest BCUT2D eigenvalue weighted by Gasteiger charge is 2.23. The molecule has 0 aliphatic carbocycles. The predicted octanol–water partition coefficient (Wildman–Crippen LogP) is 4.92. The molecule has 122 valence electrons. The van der Waals surface area contributed by atoms with Gasteiger partial charge in [0.15, 0.2) is 5.17 Å². The third-order valence-corrected chi connectivity index (χ3v) is 4.64. The van der Waals surface area contributed by atoms with Crippen LogP contribution in [0.1, 0.15) is 30.9 Å². The summed E-state index contributed by atoms with van der Waals surface area (Å²) in [5.74, 6) is -0.0952. The van der Waals surface area contributed by atoms with Gasteiger partial charge < -0.3 is 5.32 Å². The van der Waals surface area contributed by atoms with Crippen LogP contribution in [0.3, 0.4) is 0 Å². The summed E-state index contributed by atoms with van der Waals surface area (Å²) >= 11 is 1.38. The van der Waals surface area contributed by atoms with E-state index in [2.05, 4.69) is 29.4 Å². The molecule has 0 spiro atoms. The molecule has 1 saturated heterocycles. The maximum absolute atomic E-state index is 12.1. The lowest BCUT2D eigenvalue weighted by molar-refractivity contribution is -0.115. The Morgan fingerprint density at radius 1 is 1.08 bits per heavy atom. The molecule has 1 fully saturated rings. The van der Waals surface area contributed by atoms with Crippen molar-refractivity contribution in [2.24, 2.45) is 4.99 Å². The van der Waals surface area contributed by atoms with Gasteiger partial charge in [0.2, 0.25) is 0 Å². The Kier molecular flexibility index (Phi) is 5.49. The van der Waals surface area contributed by atoms with Gasteiger partial charge in [-0.05, 0) is 53.9 Å². The van der Waals surface area contributed by atoms with Gasteiger partial charge in [-0.3, -0.25) is 4.79 Å². The molecule has 1 aliphatic rings. The standard InChI is InChI=1S/C20H20N2OS/c1-2-3-7-15-10-12-17(13-11-15)21-20-22-19(23)18(24-20)14-16-8-5-4-6-9-16/h4-6,8-14H,2-3,7H2,1H3,(H,21,22,23). The van der Waals surface area contributed by atoms with Crippen molar-refractivity contribution >= 4 is 34.6 Å². The number of amides is 1. The van der Waals surface area contributed by atoms with Crippen LogP contribution in [0.15, 0.2) is 64.5 Å². The van der Waals surface area contributed by atoms with Crippen LogP contribution < -0.4 is 5.32 Å². The number of aryl methyl sites for hydroxylation is 1. The Hall–Kier alpha value is -2.33. The molecule has 2 aromatic carbocycles. The molecule has 1 heterocycles. The number of hydrogen-bond acceptors (Lipinski definition) is 3. The topological polar surface area (TPSA) is 41.5 Å². The third-order valence-electron chi connectivity index (χ3n) is 3.73. The minimum Gasteiger partial charge on any atom is -0.300 e. The van der Waals surface area contributed by atoms with Gasteiger partial charge in [-0.1, -0.05) is 55.8 Å². The van der Waals surface area contributed by atoms with Crippen molar-refractivity contribution in [3.63, 3.8) is 0 Å². The molecule has 0 unspecified atom stereocenters. The Balaban J connectivity index is 1.71. The second kappa shape index (κ2) is 7.97. The number of nitrogens with one attached hydrogen (secondary N) is 1. The maximum Gasteiger partial charge on any atom is 0.264 e. The molecule has 0 atom stereocenters. The molecule has 1 aliphatic heterocycles. The van der Waals surface area contributed by atoms with E-state index in [0.717, 1.165) is 17.7 Å². The molecule has 3 rings (SSSR count). The third kappa shape index (κ3) is 4.36. The molecular formula is C20H20N2OS. The van der Waals surface area contributed by atoms with Crippen molar-refractivity contribution in [2.45, 2.75) is 26.2 Å². The summed E-state index contributed by atoms with van der Waals surface area (Å²) in [5.41, 5.74) is 3.20. The zero-order chi connectivity index (χ0) is 16.8. The van der Waals surface area contributed by atoms with Gasteiger partial charge in [0, 0.05) is 0 Å². The van der Waals surface area contributed by atoms with Crippen molar-refractivity contribution in [1.82, 2.24) is 5.32 Å². The number of benzene rings is 2. The zero-order valence-electron chi connectivity index (χ0n) is 13.7. The lowest BCUT2D eigenvalue weighted by atomic mass is 10.1. The van der Waals surface area contributed by atoms with Crippen molar-refractivity contribution in [2.75, 3.05) is 0 Å². The van der Waals surface area contributed by atoms with E-state index in [-0.39, 0.29) is 5.91 Å². The van der Waals surface area contributed by atoms with Crippen LogP contribution in [0, 0.1) is 0 Å². The summed E-state index contributed by atoms with van der Waals surface area (Å²) < 4.78 is 0. The summed E-state index contributed by atoms with van der Waals surface area (Å²) in [6.45, 7) is 2.20. The molecule has 2 aromatic rings. The van der Waals surface area contributed by atoms with Crippen LogP contribution in [-0.2, 0) is 11.2 Å². The van der Waals surface area contributed by atoms with Crippen LogP contribution in [0.25, 0.3) is 6.08 Å². The van der Waals surface area contributed by atoms with E-state index in [1.165, 1.54) is 30.2 Å². The summed E-state index contributed by atoms with van der Waals surface area (Å²) in [5, 5.41) is 3.46. The second-order valence-corrected chi connectivity index (χ2v) is 6.69. The Morgan fingerprint density at radius 3 is 2.54 bits per heavy atom. The highest BCUT2D eigenvalue weighted by atomic mass is 32.2. The first-order chi connectivity index (χ1) is 11.7.